The number of fused-ring (bicyclic) bond motifs is 1. The molecule has 1 aliphatic rings. The normalized spacial score (nSPS) is 12.8. The van der Waals surface area contributed by atoms with Crippen LogP contribution in [0.3, 0.4) is 0 Å². The SMILES string of the molecule is COc1ccc(CN2CCOc3cc(NC(=O)c4cc(F)cc(C(F)(F)F)c4)c(C(=O)c4cc(F)ccc4Cl)c(Br)c32)cc1. The lowest BCUT2D eigenvalue weighted by Crippen LogP contribution is -2.33. The lowest BCUT2D eigenvalue weighted by Gasteiger charge is -2.33. The van der Waals surface area contributed by atoms with E-state index in [4.69, 9.17) is 21.1 Å². The lowest BCUT2D eigenvalue weighted by molar-refractivity contribution is -0.137. The van der Waals surface area contributed by atoms with Crippen molar-refractivity contribution < 1.29 is 41.0 Å². The number of methoxy groups -OCH3 is 1. The Bertz CT molecular complexity index is 1770. The van der Waals surface area contributed by atoms with Crippen molar-refractivity contribution in [2.45, 2.75) is 12.7 Å². The average molecular weight is 696 g/mol. The molecule has 1 heterocycles. The molecular formula is C31H21BrClF5N2O4. The number of ketones is 1. The Hall–Kier alpha value is -4.16. The molecule has 1 N–H and O–H groups in total. The molecule has 1 aliphatic heterocycles. The van der Waals surface area contributed by atoms with Crippen LogP contribution in [0.5, 0.6) is 11.5 Å². The first-order chi connectivity index (χ1) is 20.8. The highest BCUT2D eigenvalue weighted by molar-refractivity contribution is 9.10. The van der Waals surface area contributed by atoms with Crippen LogP contribution in [0.15, 0.2) is 71.2 Å². The maximum atomic E-state index is 14.2. The van der Waals surface area contributed by atoms with E-state index in [9.17, 15) is 31.5 Å². The molecule has 0 bridgehead atoms. The number of amides is 1. The number of alkyl halides is 3. The van der Waals surface area contributed by atoms with Gasteiger partial charge in [-0.05, 0) is 70.0 Å². The summed E-state index contributed by atoms with van der Waals surface area (Å²) < 4.78 is 79.5. The minimum Gasteiger partial charge on any atom is -0.497 e. The van der Waals surface area contributed by atoms with Gasteiger partial charge in [0.2, 0.25) is 0 Å². The maximum Gasteiger partial charge on any atom is 0.416 e. The molecule has 0 aliphatic carbocycles. The summed E-state index contributed by atoms with van der Waals surface area (Å²) in [7, 11) is 1.55. The van der Waals surface area contributed by atoms with E-state index in [1.54, 1.807) is 19.2 Å². The van der Waals surface area contributed by atoms with Gasteiger partial charge in [0, 0.05) is 23.7 Å². The second kappa shape index (κ2) is 12.4. The van der Waals surface area contributed by atoms with Gasteiger partial charge in [-0.2, -0.15) is 13.2 Å². The first kappa shape index (κ1) is 31.3. The summed E-state index contributed by atoms with van der Waals surface area (Å²) in [6.07, 6.45) is -4.91. The zero-order chi connectivity index (χ0) is 31.8. The van der Waals surface area contributed by atoms with Crippen molar-refractivity contribution in [3.05, 3.63) is 116 Å². The number of rotatable bonds is 7. The molecule has 0 aromatic heterocycles. The summed E-state index contributed by atoms with van der Waals surface area (Å²) in [6, 6.07) is 13.2. The molecule has 0 unspecified atom stereocenters. The molecule has 44 heavy (non-hydrogen) atoms. The van der Waals surface area contributed by atoms with Gasteiger partial charge in [0.05, 0.1) is 45.7 Å². The highest BCUT2D eigenvalue weighted by Crippen LogP contribution is 2.46. The third kappa shape index (κ3) is 6.51. The fourth-order valence-electron chi connectivity index (χ4n) is 4.71. The van der Waals surface area contributed by atoms with Crippen molar-refractivity contribution in [3.8, 4) is 11.5 Å². The largest absolute Gasteiger partial charge is 0.497 e. The van der Waals surface area contributed by atoms with Crippen molar-refractivity contribution in [2.24, 2.45) is 0 Å². The summed E-state index contributed by atoms with van der Waals surface area (Å²) in [6.45, 7) is 1.01. The molecule has 13 heteroatoms. The Labute approximate surface area is 261 Å². The molecule has 228 valence electrons. The minimum atomic E-state index is -4.91. The lowest BCUT2D eigenvalue weighted by atomic mass is 9.98. The molecule has 4 aromatic carbocycles. The Morgan fingerprint density at radius 2 is 1.75 bits per heavy atom. The fraction of sp³-hybridized carbons (Fsp3) is 0.161. The van der Waals surface area contributed by atoms with Gasteiger partial charge in [-0.1, -0.05) is 23.7 Å². The third-order valence-corrected chi connectivity index (χ3v) is 7.91. The Morgan fingerprint density at radius 1 is 1.02 bits per heavy atom. The fourth-order valence-corrected chi connectivity index (χ4v) is 5.76. The van der Waals surface area contributed by atoms with Crippen LogP contribution in [0, 0.1) is 11.6 Å². The second-order valence-electron chi connectivity index (χ2n) is 9.71. The Balaban J connectivity index is 1.62. The Kier molecular flexibility index (Phi) is 8.85. The van der Waals surface area contributed by atoms with Gasteiger partial charge < -0.3 is 19.7 Å². The van der Waals surface area contributed by atoms with Crippen LogP contribution in [0.4, 0.5) is 33.3 Å². The number of anilines is 2. The number of halogens is 7. The molecule has 6 nitrogen and oxygen atoms in total. The van der Waals surface area contributed by atoms with E-state index in [0.717, 1.165) is 17.7 Å². The zero-order valence-corrected chi connectivity index (χ0v) is 25.0. The molecular weight excluding hydrogens is 675 g/mol. The number of carbonyl (C=O) groups excluding carboxylic acids is 2. The maximum absolute atomic E-state index is 14.2. The third-order valence-electron chi connectivity index (χ3n) is 6.81. The number of ether oxygens (including phenoxy) is 2. The molecule has 5 rings (SSSR count). The molecule has 4 aromatic rings. The van der Waals surface area contributed by atoms with Crippen molar-refractivity contribution >= 4 is 50.6 Å². The molecule has 0 fully saturated rings. The summed E-state index contributed by atoms with van der Waals surface area (Å²) in [5.41, 5.74) is -1.27. The topological polar surface area (TPSA) is 67.9 Å². The quantitative estimate of drug-likeness (QED) is 0.156. The first-order valence-corrected chi connectivity index (χ1v) is 14.1. The van der Waals surface area contributed by atoms with Crippen molar-refractivity contribution in [2.75, 3.05) is 30.5 Å². The molecule has 1 amide bonds. The van der Waals surface area contributed by atoms with Crippen LogP contribution >= 0.6 is 27.5 Å². The number of hydrogen-bond acceptors (Lipinski definition) is 5. The van der Waals surface area contributed by atoms with Gasteiger partial charge in [-0.25, -0.2) is 8.78 Å². The van der Waals surface area contributed by atoms with Crippen LogP contribution in [0.25, 0.3) is 0 Å². The molecule has 0 atom stereocenters. The van der Waals surface area contributed by atoms with E-state index < -0.39 is 40.6 Å². The second-order valence-corrected chi connectivity index (χ2v) is 10.9. The van der Waals surface area contributed by atoms with Gasteiger partial charge >= 0.3 is 6.18 Å². The van der Waals surface area contributed by atoms with Gasteiger partial charge in [0.15, 0.2) is 5.78 Å². The summed E-state index contributed by atoms with van der Waals surface area (Å²) in [4.78, 5) is 29.0. The van der Waals surface area contributed by atoms with Crippen LogP contribution in [-0.2, 0) is 12.7 Å². The van der Waals surface area contributed by atoms with Crippen LogP contribution in [0.1, 0.15) is 37.4 Å². The van der Waals surface area contributed by atoms with E-state index in [-0.39, 0.29) is 44.7 Å². The van der Waals surface area contributed by atoms with E-state index in [0.29, 0.717) is 36.7 Å². The van der Waals surface area contributed by atoms with Gasteiger partial charge in [0.25, 0.3) is 5.91 Å². The first-order valence-electron chi connectivity index (χ1n) is 12.9. The number of hydrogen-bond donors (Lipinski definition) is 1. The van der Waals surface area contributed by atoms with Gasteiger partial charge in [-0.3, -0.25) is 9.59 Å². The van der Waals surface area contributed by atoms with Gasteiger partial charge in [0.1, 0.15) is 29.7 Å². The van der Waals surface area contributed by atoms with Crippen molar-refractivity contribution in [1.29, 1.82) is 0 Å². The standard InChI is InChI=1S/C31H21BrClF5N2O4/c1-43-21-5-2-16(3-6-21)15-40-8-9-44-25-14-24(39-30(42)17-10-18(31(36,37)38)12-20(35)11-17)26(27(32)28(25)40)29(41)22-13-19(34)4-7-23(22)33/h2-7,10-14H,8-9,15H2,1H3,(H,39,42). The predicted molar refractivity (Wildman–Crippen MR) is 158 cm³/mol. The van der Waals surface area contributed by atoms with E-state index in [2.05, 4.69) is 21.2 Å². The van der Waals surface area contributed by atoms with Crippen molar-refractivity contribution in [1.82, 2.24) is 0 Å². The predicted octanol–water partition coefficient (Wildman–Crippen LogP) is 8.29. The van der Waals surface area contributed by atoms with Crippen molar-refractivity contribution in [3.63, 3.8) is 0 Å². The molecule has 0 spiro atoms. The number of carbonyl (C=O) groups is 2. The van der Waals surface area contributed by atoms with Crippen LogP contribution in [0.2, 0.25) is 5.02 Å². The summed E-state index contributed by atoms with van der Waals surface area (Å²) >= 11 is 9.72. The summed E-state index contributed by atoms with van der Waals surface area (Å²) in [5, 5.41) is 2.33. The van der Waals surface area contributed by atoms with Crippen LogP contribution < -0.4 is 19.7 Å². The highest BCUT2D eigenvalue weighted by atomic mass is 79.9. The number of benzene rings is 4. The highest BCUT2D eigenvalue weighted by Gasteiger charge is 2.33. The average Bonchev–Trinajstić information content (AvgIpc) is 2.98. The molecule has 0 saturated heterocycles. The smallest absolute Gasteiger partial charge is 0.416 e. The molecule has 0 radical (unpaired) electrons. The monoisotopic (exact) mass is 694 g/mol. The van der Waals surface area contributed by atoms with Crippen LogP contribution in [-0.4, -0.2) is 32.0 Å². The Morgan fingerprint density at radius 3 is 2.43 bits per heavy atom. The summed E-state index contributed by atoms with van der Waals surface area (Å²) in [5.74, 6) is -3.06. The van der Waals surface area contributed by atoms with Gasteiger partial charge in [-0.15, -0.1) is 0 Å². The minimum absolute atomic E-state index is 0.0791. The van der Waals surface area contributed by atoms with E-state index >= 15 is 0 Å². The number of nitrogens with one attached hydrogen (secondary N) is 1. The van der Waals surface area contributed by atoms with E-state index in [1.165, 1.54) is 12.1 Å². The number of nitrogens with zero attached hydrogens (tertiary/aromatic N) is 1. The molecule has 0 saturated carbocycles. The van der Waals surface area contributed by atoms with E-state index in [1.807, 2.05) is 17.0 Å². The zero-order valence-electron chi connectivity index (χ0n) is 22.7.